The number of ether oxygens (including phenoxy) is 1. The Labute approximate surface area is 117 Å². The van der Waals surface area contributed by atoms with Crippen LogP contribution in [0.25, 0.3) is 11.2 Å². The number of rotatable bonds is 2. The molecule has 10 heteroatoms. The number of aromatic nitrogens is 4. The van der Waals surface area contributed by atoms with Crippen LogP contribution in [0.2, 0.25) is 0 Å². The summed E-state index contributed by atoms with van der Waals surface area (Å²) in [7, 11) is 0. The molecular formula is C11H14FN5O4. The first-order valence-electron chi connectivity index (χ1n) is 6.12. The molecule has 9 nitrogen and oxygen atoms in total. The number of fused-ring (bicyclic) bond motifs is 1. The Morgan fingerprint density at radius 2 is 2.19 bits per heavy atom. The second kappa shape index (κ2) is 4.31. The third-order valence-electron chi connectivity index (χ3n) is 3.62. The van der Waals surface area contributed by atoms with E-state index in [1.807, 2.05) is 0 Å². The van der Waals surface area contributed by atoms with Gasteiger partial charge in [0.25, 0.3) is 5.85 Å². The summed E-state index contributed by atoms with van der Waals surface area (Å²) in [6, 6.07) is 0. The van der Waals surface area contributed by atoms with Crippen molar-refractivity contribution in [1.29, 1.82) is 0 Å². The zero-order valence-electron chi connectivity index (χ0n) is 11.0. The van der Waals surface area contributed by atoms with Gasteiger partial charge in [-0.15, -0.1) is 0 Å². The summed E-state index contributed by atoms with van der Waals surface area (Å²) in [6.45, 7) is 0.0836. The lowest BCUT2D eigenvalue weighted by atomic mass is 9.95. The Kier molecular flexibility index (Phi) is 2.89. The first kappa shape index (κ1) is 14.1. The molecule has 4 atom stereocenters. The van der Waals surface area contributed by atoms with Gasteiger partial charge in [0.05, 0.1) is 6.33 Å². The third-order valence-corrected chi connectivity index (χ3v) is 3.62. The molecule has 0 spiro atoms. The third kappa shape index (κ3) is 1.80. The van der Waals surface area contributed by atoms with Gasteiger partial charge in [-0.1, -0.05) is 0 Å². The van der Waals surface area contributed by atoms with Crippen molar-refractivity contribution < 1.29 is 24.4 Å². The van der Waals surface area contributed by atoms with Gasteiger partial charge in [0.2, 0.25) is 0 Å². The molecule has 1 fully saturated rings. The Bertz CT molecular complexity index is 692. The number of anilines is 1. The summed E-state index contributed by atoms with van der Waals surface area (Å²) in [6.07, 6.45) is -0.865. The van der Waals surface area contributed by atoms with E-state index in [0.29, 0.717) is 0 Å². The number of nitrogen functional groups attached to an aromatic ring is 1. The highest BCUT2D eigenvalue weighted by Gasteiger charge is 2.62. The van der Waals surface area contributed by atoms with E-state index in [9.17, 15) is 14.6 Å². The molecule has 2 aromatic heterocycles. The molecule has 3 heterocycles. The van der Waals surface area contributed by atoms with Crippen molar-refractivity contribution in [1.82, 2.24) is 19.5 Å². The summed E-state index contributed by atoms with van der Waals surface area (Å²) in [5.41, 5.74) is 4.11. The molecule has 0 bridgehead atoms. The van der Waals surface area contributed by atoms with Gasteiger partial charge >= 0.3 is 0 Å². The van der Waals surface area contributed by atoms with Gasteiger partial charge in [-0.2, -0.15) is 0 Å². The quantitative estimate of drug-likeness (QED) is 0.537. The van der Waals surface area contributed by atoms with Gasteiger partial charge in [0, 0.05) is 0 Å². The van der Waals surface area contributed by atoms with Crippen LogP contribution in [0.1, 0.15) is 13.2 Å². The van der Waals surface area contributed by atoms with Crippen LogP contribution in [0.4, 0.5) is 10.2 Å². The van der Waals surface area contributed by atoms with Crippen molar-refractivity contribution in [2.75, 3.05) is 12.3 Å². The number of aliphatic hydroxyl groups excluding tert-OH is 2. The van der Waals surface area contributed by atoms with Crippen molar-refractivity contribution in [3.05, 3.63) is 12.7 Å². The van der Waals surface area contributed by atoms with Crippen LogP contribution in [0.5, 0.6) is 0 Å². The van der Waals surface area contributed by atoms with Crippen LogP contribution in [-0.4, -0.2) is 59.0 Å². The Balaban J connectivity index is 2.13. The minimum Gasteiger partial charge on any atom is -0.390 e. The number of hydrogen-bond donors (Lipinski definition) is 4. The molecule has 0 aromatic carbocycles. The first-order chi connectivity index (χ1) is 9.81. The minimum absolute atomic E-state index is 0.116. The highest BCUT2D eigenvalue weighted by atomic mass is 19.2. The van der Waals surface area contributed by atoms with Crippen molar-refractivity contribution in [3.8, 4) is 0 Å². The lowest BCUT2D eigenvalue weighted by molar-refractivity contribution is -0.206. The van der Waals surface area contributed by atoms with Crippen LogP contribution >= 0.6 is 0 Å². The summed E-state index contributed by atoms with van der Waals surface area (Å²) in [5.74, 6) is -2.67. The van der Waals surface area contributed by atoms with Crippen LogP contribution in [0.3, 0.4) is 0 Å². The molecule has 0 unspecified atom stereocenters. The maximum atomic E-state index is 14.3. The smallest absolute Gasteiger partial charge is 0.263 e. The Hall–Kier alpha value is -1.88. The Morgan fingerprint density at radius 3 is 2.81 bits per heavy atom. The minimum atomic E-state index is -2.79. The van der Waals surface area contributed by atoms with Gasteiger partial charge in [0.1, 0.15) is 30.2 Å². The van der Waals surface area contributed by atoms with Crippen molar-refractivity contribution in [2.45, 2.75) is 30.7 Å². The van der Waals surface area contributed by atoms with Gasteiger partial charge in [-0.05, 0) is 6.92 Å². The van der Waals surface area contributed by atoms with Gasteiger partial charge in [-0.3, -0.25) is 4.57 Å². The van der Waals surface area contributed by atoms with Crippen LogP contribution in [-0.2, 0) is 4.74 Å². The average molecular weight is 299 g/mol. The van der Waals surface area contributed by atoms with E-state index in [-0.39, 0.29) is 17.0 Å². The molecule has 21 heavy (non-hydrogen) atoms. The van der Waals surface area contributed by atoms with Crippen molar-refractivity contribution >= 4 is 17.0 Å². The predicted octanol–water partition coefficient (Wildman–Crippen LogP) is -1.29. The molecule has 0 saturated carbocycles. The fourth-order valence-corrected chi connectivity index (χ4v) is 2.44. The number of halogens is 1. The van der Waals surface area contributed by atoms with Crippen molar-refractivity contribution in [2.24, 2.45) is 0 Å². The topological polar surface area (TPSA) is 140 Å². The SMILES string of the molecule is C[C@]1(O)[C@H](n2cnc3c(N)ncnc32)O[C@](F)(CO)[C@H]1O. The molecule has 2 aromatic rings. The normalized spacial score (nSPS) is 36.4. The van der Waals surface area contributed by atoms with Crippen molar-refractivity contribution in [3.63, 3.8) is 0 Å². The summed E-state index contributed by atoms with van der Waals surface area (Å²) < 4.78 is 20.5. The first-order valence-corrected chi connectivity index (χ1v) is 6.12. The largest absolute Gasteiger partial charge is 0.390 e. The van der Waals surface area contributed by atoms with E-state index in [4.69, 9.17) is 15.6 Å². The van der Waals surface area contributed by atoms with Crippen LogP contribution in [0, 0.1) is 0 Å². The molecule has 114 valence electrons. The van der Waals surface area contributed by atoms with E-state index >= 15 is 0 Å². The van der Waals surface area contributed by atoms with Gasteiger partial charge in [-0.25, -0.2) is 19.3 Å². The molecule has 1 saturated heterocycles. The summed E-state index contributed by atoms with van der Waals surface area (Å²) in [4.78, 5) is 11.7. The zero-order valence-corrected chi connectivity index (χ0v) is 11.0. The number of hydrogen-bond acceptors (Lipinski definition) is 8. The molecule has 1 aliphatic rings. The van der Waals surface area contributed by atoms with E-state index in [1.54, 1.807) is 0 Å². The molecule has 0 radical (unpaired) electrons. The molecule has 3 rings (SSSR count). The van der Waals surface area contributed by atoms with E-state index in [1.165, 1.54) is 24.1 Å². The lowest BCUT2D eigenvalue weighted by Crippen LogP contribution is -2.48. The fourth-order valence-electron chi connectivity index (χ4n) is 2.44. The van der Waals surface area contributed by atoms with Crippen LogP contribution in [0.15, 0.2) is 12.7 Å². The van der Waals surface area contributed by atoms with E-state index < -0.39 is 30.4 Å². The maximum absolute atomic E-state index is 14.3. The van der Waals surface area contributed by atoms with E-state index in [0.717, 1.165) is 0 Å². The molecule has 5 N–H and O–H groups in total. The number of nitrogens with two attached hydrogens (primary N) is 1. The fraction of sp³-hybridized carbons (Fsp3) is 0.545. The Morgan fingerprint density at radius 1 is 1.48 bits per heavy atom. The summed E-state index contributed by atoms with van der Waals surface area (Å²) >= 11 is 0. The zero-order chi connectivity index (χ0) is 15.4. The monoisotopic (exact) mass is 299 g/mol. The highest BCUT2D eigenvalue weighted by molar-refractivity contribution is 5.81. The average Bonchev–Trinajstić information content (AvgIpc) is 2.94. The lowest BCUT2D eigenvalue weighted by Gasteiger charge is -2.27. The highest BCUT2D eigenvalue weighted by Crippen LogP contribution is 2.45. The van der Waals surface area contributed by atoms with Crippen LogP contribution < -0.4 is 5.73 Å². The van der Waals surface area contributed by atoms with Gasteiger partial charge in [0.15, 0.2) is 17.7 Å². The summed E-state index contributed by atoms with van der Waals surface area (Å²) in [5, 5.41) is 29.3. The molecule has 0 amide bonds. The molecule has 1 aliphatic heterocycles. The standard InChI is InChI=1S/C11H14FN5O4/c1-10(20)8(19)11(12,2-18)21-9(10)17-4-16-5-6(13)14-3-15-7(5)17/h3-4,8-9,18-20H,2H2,1H3,(H2,13,14,15)/t8-,9+,10+,11+/m0/s1. The maximum Gasteiger partial charge on any atom is 0.263 e. The predicted molar refractivity (Wildman–Crippen MR) is 67.4 cm³/mol. The number of nitrogens with zero attached hydrogens (tertiary/aromatic N) is 4. The molecule has 0 aliphatic carbocycles. The number of aliphatic hydroxyl groups is 3. The van der Waals surface area contributed by atoms with Gasteiger partial charge < -0.3 is 25.8 Å². The van der Waals surface area contributed by atoms with E-state index in [2.05, 4.69) is 15.0 Å². The molecular weight excluding hydrogens is 285 g/mol. The second-order valence-electron chi connectivity index (χ2n) is 5.13. The number of imidazole rings is 1. The second-order valence-corrected chi connectivity index (χ2v) is 5.13. The number of alkyl halides is 1.